The Bertz CT molecular complexity index is 652. The van der Waals surface area contributed by atoms with Crippen LogP contribution in [-0.2, 0) is 11.2 Å². The van der Waals surface area contributed by atoms with Crippen molar-refractivity contribution in [2.45, 2.75) is 25.7 Å². The zero-order valence-electron chi connectivity index (χ0n) is 13.0. The van der Waals surface area contributed by atoms with E-state index in [-0.39, 0.29) is 5.91 Å². The fourth-order valence-electron chi connectivity index (χ4n) is 3.05. The van der Waals surface area contributed by atoms with Crippen LogP contribution < -0.4 is 4.74 Å². The molecular formula is C17H21N3O2. The lowest BCUT2D eigenvalue weighted by Crippen LogP contribution is -2.30. The van der Waals surface area contributed by atoms with E-state index in [0.29, 0.717) is 12.3 Å². The molecule has 3 rings (SSSR count). The largest absolute Gasteiger partial charge is 0.496 e. The molecule has 116 valence electrons. The smallest absolute Gasteiger partial charge is 0.227 e. The van der Waals surface area contributed by atoms with Crippen molar-refractivity contribution in [2.24, 2.45) is 0 Å². The minimum atomic E-state index is 0.158. The molecule has 5 nitrogen and oxygen atoms in total. The molecule has 1 aliphatic rings. The third-order valence-corrected chi connectivity index (χ3v) is 4.28. The minimum absolute atomic E-state index is 0.158. The molecule has 0 bridgehead atoms. The third-order valence-electron chi connectivity index (χ3n) is 4.28. The van der Waals surface area contributed by atoms with Gasteiger partial charge in [0.15, 0.2) is 0 Å². The van der Waals surface area contributed by atoms with E-state index in [1.54, 1.807) is 13.3 Å². The summed E-state index contributed by atoms with van der Waals surface area (Å²) in [4.78, 5) is 14.5. The average Bonchev–Trinajstić information content (AvgIpc) is 3.18. The Hall–Kier alpha value is -2.30. The van der Waals surface area contributed by atoms with Crippen LogP contribution in [0.3, 0.4) is 0 Å². The predicted molar refractivity (Wildman–Crippen MR) is 84.0 cm³/mol. The molecule has 22 heavy (non-hydrogen) atoms. The maximum absolute atomic E-state index is 12.6. The van der Waals surface area contributed by atoms with Crippen LogP contribution in [0.2, 0.25) is 0 Å². The summed E-state index contributed by atoms with van der Waals surface area (Å²) in [5.41, 5.74) is 3.21. The van der Waals surface area contributed by atoms with Gasteiger partial charge in [-0.25, -0.2) is 0 Å². The standard InChI is InChI=1S/C17H21N3O2/c1-12-3-4-16(22-2)14(9-12)10-17(21)20-8-6-13(11-20)15-5-7-18-19-15/h3-5,7,9,13H,6,8,10-11H2,1-2H3,(H,18,19). The molecule has 1 amide bonds. The molecule has 2 heterocycles. The van der Waals surface area contributed by atoms with Crippen LogP contribution in [0.15, 0.2) is 30.5 Å². The molecule has 5 heteroatoms. The van der Waals surface area contributed by atoms with E-state index in [0.717, 1.165) is 42.1 Å². The highest BCUT2D eigenvalue weighted by molar-refractivity contribution is 5.80. The Balaban J connectivity index is 1.67. The van der Waals surface area contributed by atoms with Gasteiger partial charge >= 0.3 is 0 Å². The van der Waals surface area contributed by atoms with Crippen LogP contribution >= 0.6 is 0 Å². The molecule has 1 aliphatic heterocycles. The Kier molecular flexibility index (Phi) is 4.13. The van der Waals surface area contributed by atoms with Crippen LogP contribution in [0, 0.1) is 6.92 Å². The van der Waals surface area contributed by atoms with E-state index >= 15 is 0 Å². The first-order valence-corrected chi connectivity index (χ1v) is 7.58. The monoisotopic (exact) mass is 299 g/mol. The van der Waals surface area contributed by atoms with E-state index in [1.807, 2.05) is 36.1 Å². The van der Waals surface area contributed by atoms with Crippen LogP contribution in [-0.4, -0.2) is 41.2 Å². The summed E-state index contributed by atoms with van der Waals surface area (Å²) in [6, 6.07) is 7.94. The predicted octanol–water partition coefficient (Wildman–Crippen LogP) is 2.29. The maximum Gasteiger partial charge on any atom is 0.227 e. The number of hydrogen-bond acceptors (Lipinski definition) is 3. The summed E-state index contributed by atoms with van der Waals surface area (Å²) in [7, 11) is 1.64. The van der Waals surface area contributed by atoms with Gasteiger partial charge in [-0.1, -0.05) is 17.7 Å². The Morgan fingerprint density at radius 3 is 3.05 bits per heavy atom. The van der Waals surface area contributed by atoms with Gasteiger partial charge in [-0.2, -0.15) is 5.10 Å². The van der Waals surface area contributed by atoms with Crippen molar-refractivity contribution in [3.8, 4) is 5.75 Å². The number of nitrogens with one attached hydrogen (secondary N) is 1. The van der Waals surface area contributed by atoms with Gasteiger partial charge in [-0.3, -0.25) is 9.89 Å². The molecule has 0 spiro atoms. The van der Waals surface area contributed by atoms with Gasteiger partial charge in [0.05, 0.1) is 13.5 Å². The molecule has 1 saturated heterocycles. The Morgan fingerprint density at radius 2 is 2.32 bits per heavy atom. The number of amides is 1. The second-order valence-corrected chi connectivity index (χ2v) is 5.83. The molecule has 2 aromatic rings. The van der Waals surface area contributed by atoms with Crippen LogP contribution in [0.5, 0.6) is 5.75 Å². The van der Waals surface area contributed by atoms with Crippen molar-refractivity contribution < 1.29 is 9.53 Å². The van der Waals surface area contributed by atoms with Crippen molar-refractivity contribution in [3.05, 3.63) is 47.3 Å². The first kappa shape index (κ1) is 14.6. The number of carbonyl (C=O) groups excluding carboxylic acids is 1. The third kappa shape index (κ3) is 2.98. The van der Waals surface area contributed by atoms with Crippen molar-refractivity contribution >= 4 is 5.91 Å². The normalized spacial score (nSPS) is 17.7. The van der Waals surface area contributed by atoms with E-state index in [1.165, 1.54) is 0 Å². The van der Waals surface area contributed by atoms with Crippen molar-refractivity contribution in [1.82, 2.24) is 15.1 Å². The van der Waals surface area contributed by atoms with Gasteiger partial charge in [0.25, 0.3) is 0 Å². The van der Waals surface area contributed by atoms with Crippen LogP contribution in [0.25, 0.3) is 0 Å². The van der Waals surface area contributed by atoms with Gasteiger partial charge in [-0.15, -0.1) is 0 Å². The van der Waals surface area contributed by atoms with Crippen LogP contribution in [0.1, 0.15) is 29.2 Å². The molecule has 1 unspecified atom stereocenters. The molecule has 0 saturated carbocycles. The molecule has 1 N–H and O–H groups in total. The fraction of sp³-hybridized carbons (Fsp3) is 0.412. The van der Waals surface area contributed by atoms with Crippen molar-refractivity contribution in [1.29, 1.82) is 0 Å². The summed E-state index contributed by atoms with van der Waals surface area (Å²) in [5, 5.41) is 7.00. The second kappa shape index (κ2) is 6.22. The highest BCUT2D eigenvalue weighted by Crippen LogP contribution is 2.27. The summed E-state index contributed by atoms with van der Waals surface area (Å²) in [6.07, 6.45) is 3.14. The number of H-pyrrole nitrogens is 1. The maximum atomic E-state index is 12.6. The quantitative estimate of drug-likeness (QED) is 0.942. The van der Waals surface area contributed by atoms with Crippen molar-refractivity contribution in [3.63, 3.8) is 0 Å². The number of likely N-dealkylation sites (tertiary alicyclic amines) is 1. The van der Waals surface area contributed by atoms with E-state index in [4.69, 9.17) is 4.74 Å². The highest BCUT2D eigenvalue weighted by atomic mass is 16.5. The molecule has 0 radical (unpaired) electrons. The molecule has 1 atom stereocenters. The van der Waals surface area contributed by atoms with Crippen LogP contribution in [0.4, 0.5) is 0 Å². The number of rotatable bonds is 4. The van der Waals surface area contributed by atoms with Crippen molar-refractivity contribution in [2.75, 3.05) is 20.2 Å². The summed E-state index contributed by atoms with van der Waals surface area (Å²) < 4.78 is 5.36. The first-order valence-electron chi connectivity index (χ1n) is 7.58. The number of benzene rings is 1. The SMILES string of the molecule is COc1ccc(C)cc1CC(=O)N1CCC(c2ccn[nH]2)C1. The van der Waals surface area contributed by atoms with E-state index < -0.39 is 0 Å². The average molecular weight is 299 g/mol. The minimum Gasteiger partial charge on any atom is -0.496 e. The lowest BCUT2D eigenvalue weighted by Gasteiger charge is -2.17. The number of aromatic nitrogens is 2. The summed E-state index contributed by atoms with van der Waals surface area (Å²) >= 11 is 0. The molecule has 1 fully saturated rings. The van der Waals surface area contributed by atoms with Gasteiger partial charge < -0.3 is 9.64 Å². The van der Waals surface area contributed by atoms with Gasteiger partial charge in [0, 0.05) is 36.5 Å². The summed E-state index contributed by atoms with van der Waals surface area (Å²) in [6.45, 7) is 3.59. The number of aryl methyl sites for hydroxylation is 1. The number of aromatic amines is 1. The first-order chi connectivity index (χ1) is 10.7. The van der Waals surface area contributed by atoms with Gasteiger partial charge in [0.1, 0.15) is 5.75 Å². The lowest BCUT2D eigenvalue weighted by molar-refractivity contribution is -0.129. The number of hydrogen-bond donors (Lipinski definition) is 1. The second-order valence-electron chi connectivity index (χ2n) is 5.83. The molecule has 1 aromatic heterocycles. The highest BCUT2D eigenvalue weighted by Gasteiger charge is 2.28. The number of ether oxygens (including phenoxy) is 1. The Morgan fingerprint density at radius 1 is 1.45 bits per heavy atom. The van der Waals surface area contributed by atoms with Gasteiger partial charge in [0.2, 0.25) is 5.91 Å². The van der Waals surface area contributed by atoms with Gasteiger partial charge in [-0.05, 0) is 25.5 Å². The number of carbonyl (C=O) groups is 1. The molecule has 0 aliphatic carbocycles. The topological polar surface area (TPSA) is 58.2 Å². The zero-order chi connectivity index (χ0) is 15.5. The lowest BCUT2D eigenvalue weighted by atomic mass is 10.1. The number of methoxy groups -OCH3 is 1. The van der Waals surface area contributed by atoms with E-state index in [2.05, 4.69) is 10.2 Å². The number of nitrogens with zero attached hydrogens (tertiary/aromatic N) is 2. The Labute approximate surface area is 130 Å². The van der Waals surface area contributed by atoms with E-state index in [9.17, 15) is 4.79 Å². The molecular weight excluding hydrogens is 278 g/mol. The zero-order valence-corrected chi connectivity index (χ0v) is 13.0. The molecule has 1 aromatic carbocycles. The summed E-state index contributed by atoms with van der Waals surface area (Å²) in [5.74, 6) is 1.31. The fourth-order valence-corrected chi connectivity index (χ4v) is 3.05.